The standard InChI is InChI=1S/C12H18O4Si/c1-14-10-7-6-9(8-11(10)15-2)12(13)16-17(3,4)5/h6-8H,1-5H3. The van der Waals surface area contributed by atoms with E-state index in [1.54, 1.807) is 25.3 Å². The van der Waals surface area contributed by atoms with Crippen LogP contribution in [-0.2, 0) is 4.43 Å². The maximum atomic E-state index is 11.8. The number of hydrogen-bond acceptors (Lipinski definition) is 4. The second-order valence-electron chi connectivity index (χ2n) is 4.57. The number of hydrogen-bond donors (Lipinski definition) is 0. The van der Waals surface area contributed by atoms with E-state index in [1.165, 1.54) is 7.11 Å². The Labute approximate surface area is 103 Å². The molecule has 0 atom stereocenters. The molecule has 0 radical (unpaired) electrons. The summed E-state index contributed by atoms with van der Waals surface area (Å²) in [4.78, 5) is 11.8. The Balaban J connectivity index is 2.96. The lowest BCUT2D eigenvalue weighted by molar-refractivity contribution is 0.0724. The second kappa shape index (κ2) is 5.22. The molecule has 1 rings (SSSR count). The summed E-state index contributed by atoms with van der Waals surface area (Å²) in [5, 5.41) is 0. The van der Waals surface area contributed by atoms with Gasteiger partial charge in [-0.3, -0.25) is 0 Å². The minimum atomic E-state index is -1.87. The van der Waals surface area contributed by atoms with Crippen LogP contribution in [0.25, 0.3) is 0 Å². The lowest BCUT2D eigenvalue weighted by Crippen LogP contribution is -2.29. The van der Waals surface area contributed by atoms with Gasteiger partial charge in [-0.1, -0.05) is 0 Å². The van der Waals surface area contributed by atoms with Crippen LogP contribution in [0.15, 0.2) is 18.2 Å². The quantitative estimate of drug-likeness (QED) is 0.775. The molecular formula is C12H18O4Si. The minimum Gasteiger partial charge on any atom is -0.516 e. The molecule has 0 aromatic heterocycles. The molecule has 1 aromatic rings. The molecule has 0 saturated heterocycles. The average Bonchev–Trinajstić information content (AvgIpc) is 2.25. The Bertz CT molecular complexity index is 409. The predicted octanol–water partition coefficient (Wildman–Crippen LogP) is 2.70. The van der Waals surface area contributed by atoms with Crippen molar-refractivity contribution in [1.82, 2.24) is 0 Å². The van der Waals surface area contributed by atoms with Gasteiger partial charge in [0.05, 0.1) is 19.8 Å². The van der Waals surface area contributed by atoms with E-state index in [4.69, 9.17) is 13.9 Å². The number of benzene rings is 1. The van der Waals surface area contributed by atoms with Crippen molar-refractivity contribution in [2.75, 3.05) is 14.2 Å². The van der Waals surface area contributed by atoms with Crippen LogP contribution < -0.4 is 9.47 Å². The van der Waals surface area contributed by atoms with Gasteiger partial charge in [0, 0.05) is 0 Å². The van der Waals surface area contributed by atoms with Gasteiger partial charge in [0.15, 0.2) is 11.5 Å². The minimum absolute atomic E-state index is 0.315. The first-order valence-electron chi connectivity index (χ1n) is 5.33. The van der Waals surface area contributed by atoms with Gasteiger partial charge in [-0.2, -0.15) is 0 Å². The van der Waals surface area contributed by atoms with Crippen molar-refractivity contribution in [3.63, 3.8) is 0 Å². The molecule has 0 saturated carbocycles. The summed E-state index contributed by atoms with van der Waals surface area (Å²) in [7, 11) is 1.21. The molecule has 0 spiro atoms. The largest absolute Gasteiger partial charge is 0.516 e. The third-order valence-electron chi connectivity index (χ3n) is 2.02. The van der Waals surface area contributed by atoms with Gasteiger partial charge < -0.3 is 13.9 Å². The summed E-state index contributed by atoms with van der Waals surface area (Å²) in [6.45, 7) is 5.89. The zero-order valence-electron chi connectivity index (χ0n) is 10.9. The van der Waals surface area contributed by atoms with Gasteiger partial charge in [0.25, 0.3) is 0 Å². The fourth-order valence-corrected chi connectivity index (χ4v) is 1.97. The van der Waals surface area contributed by atoms with E-state index < -0.39 is 8.32 Å². The first-order valence-corrected chi connectivity index (χ1v) is 8.73. The number of methoxy groups -OCH3 is 2. The van der Waals surface area contributed by atoms with Crippen LogP contribution in [0, 0.1) is 0 Å². The number of carbonyl (C=O) groups is 1. The lowest BCUT2D eigenvalue weighted by atomic mass is 10.2. The molecule has 0 unspecified atom stereocenters. The van der Waals surface area contributed by atoms with E-state index >= 15 is 0 Å². The number of rotatable bonds is 4. The molecule has 17 heavy (non-hydrogen) atoms. The van der Waals surface area contributed by atoms with E-state index in [-0.39, 0.29) is 5.97 Å². The van der Waals surface area contributed by atoms with Gasteiger partial charge in [0.1, 0.15) is 0 Å². The van der Waals surface area contributed by atoms with E-state index in [1.807, 2.05) is 19.6 Å². The molecule has 0 N–H and O–H groups in total. The van der Waals surface area contributed by atoms with Crippen LogP contribution in [0.1, 0.15) is 10.4 Å². The van der Waals surface area contributed by atoms with Crippen LogP contribution in [0.3, 0.4) is 0 Å². The first-order chi connectivity index (χ1) is 7.87. The summed E-state index contributed by atoms with van der Waals surface area (Å²) in [5.41, 5.74) is 0.477. The molecule has 0 aliphatic carbocycles. The van der Waals surface area contributed by atoms with E-state index in [0.29, 0.717) is 17.1 Å². The first kappa shape index (κ1) is 13.6. The van der Waals surface area contributed by atoms with E-state index in [9.17, 15) is 4.79 Å². The van der Waals surface area contributed by atoms with Crippen LogP contribution in [0.5, 0.6) is 11.5 Å². The van der Waals surface area contributed by atoms with Gasteiger partial charge in [-0.25, -0.2) is 4.79 Å². The normalized spacial score (nSPS) is 10.9. The summed E-state index contributed by atoms with van der Waals surface area (Å²) < 4.78 is 15.6. The van der Waals surface area contributed by atoms with E-state index in [0.717, 1.165) is 0 Å². The average molecular weight is 254 g/mol. The van der Waals surface area contributed by atoms with Crippen molar-refractivity contribution in [3.05, 3.63) is 23.8 Å². The molecule has 94 valence electrons. The van der Waals surface area contributed by atoms with Crippen LogP contribution in [0.2, 0.25) is 19.6 Å². The second-order valence-corrected chi connectivity index (χ2v) is 9.00. The predicted molar refractivity (Wildman–Crippen MR) is 68.3 cm³/mol. The Morgan fingerprint density at radius 1 is 1.06 bits per heavy atom. The maximum absolute atomic E-state index is 11.8. The lowest BCUT2D eigenvalue weighted by Gasteiger charge is -2.17. The number of ether oxygens (including phenoxy) is 2. The Hall–Kier alpha value is -1.49. The highest BCUT2D eigenvalue weighted by atomic mass is 28.4. The van der Waals surface area contributed by atoms with Crippen molar-refractivity contribution in [2.24, 2.45) is 0 Å². The molecular weight excluding hydrogens is 236 g/mol. The van der Waals surface area contributed by atoms with Crippen LogP contribution >= 0.6 is 0 Å². The molecule has 0 amide bonds. The van der Waals surface area contributed by atoms with Crippen molar-refractivity contribution in [1.29, 1.82) is 0 Å². The summed E-state index contributed by atoms with van der Waals surface area (Å²) in [6.07, 6.45) is 0. The molecule has 4 nitrogen and oxygen atoms in total. The van der Waals surface area contributed by atoms with Crippen molar-refractivity contribution >= 4 is 14.3 Å². The van der Waals surface area contributed by atoms with Gasteiger partial charge in [-0.05, 0) is 37.8 Å². The van der Waals surface area contributed by atoms with Crippen molar-refractivity contribution in [3.8, 4) is 11.5 Å². The zero-order chi connectivity index (χ0) is 13.1. The summed E-state index contributed by atoms with van der Waals surface area (Å²) in [6, 6.07) is 4.99. The van der Waals surface area contributed by atoms with Crippen LogP contribution in [-0.4, -0.2) is 28.5 Å². The monoisotopic (exact) mass is 254 g/mol. The fraction of sp³-hybridized carbons (Fsp3) is 0.417. The van der Waals surface area contributed by atoms with Crippen molar-refractivity contribution in [2.45, 2.75) is 19.6 Å². The molecule has 5 heteroatoms. The topological polar surface area (TPSA) is 44.8 Å². The van der Waals surface area contributed by atoms with Gasteiger partial charge >= 0.3 is 5.97 Å². The Kier molecular flexibility index (Phi) is 4.17. The smallest absolute Gasteiger partial charge is 0.324 e. The summed E-state index contributed by atoms with van der Waals surface area (Å²) >= 11 is 0. The zero-order valence-corrected chi connectivity index (χ0v) is 11.9. The third-order valence-corrected chi connectivity index (χ3v) is 2.82. The molecule has 0 heterocycles. The Morgan fingerprint density at radius 2 is 1.65 bits per heavy atom. The van der Waals surface area contributed by atoms with Gasteiger partial charge in [0.2, 0.25) is 8.32 Å². The van der Waals surface area contributed by atoms with Gasteiger partial charge in [-0.15, -0.1) is 0 Å². The molecule has 0 aliphatic rings. The SMILES string of the molecule is COc1ccc(C(=O)O[Si](C)(C)C)cc1OC. The third kappa shape index (κ3) is 3.78. The fourth-order valence-electron chi connectivity index (χ4n) is 1.30. The summed E-state index contributed by atoms with van der Waals surface area (Å²) in [5.74, 6) is 0.805. The Morgan fingerprint density at radius 3 is 2.12 bits per heavy atom. The molecule has 1 aromatic carbocycles. The van der Waals surface area contributed by atoms with Crippen LogP contribution in [0.4, 0.5) is 0 Å². The maximum Gasteiger partial charge on any atom is 0.324 e. The highest BCUT2D eigenvalue weighted by molar-refractivity contribution is 6.71. The molecule has 0 aliphatic heterocycles. The number of carbonyl (C=O) groups excluding carboxylic acids is 1. The highest BCUT2D eigenvalue weighted by Gasteiger charge is 2.21. The van der Waals surface area contributed by atoms with E-state index in [2.05, 4.69) is 0 Å². The molecule has 0 fully saturated rings. The highest BCUT2D eigenvalue weighted by Crippen LogP contribution is 2.28. The van der Waals surface area contributed by atoms with Crippen molar-refractivity contribution < 1.29 is 18.7 Å². The molecule has 0 bridgehead atoms.